The highest BCUT2D eigenvalue weighted by atomic mass is 16.5. The zero-order valence-electron chi connectivity index (χ0n) is 13.0. The van der Waals surface area contributed by atoms with Gasteiger partial charge in [-0.1, -0.05) is 36.4 Å². The van der Waals surface area contributed by atoms with Gasteiger partial charge in [0.05, 0.1) is 6.61 Å². The monoisotopic (exact) mass is 312 g/mol. The number of guanidine groups is 1. The number of carbonyl (C=O) groups is 1. The zero-order valence-corrected chi connectivity index (χ0v) is 13.0. The average molecular weight is 312 g/mol. The normalized spacial score (nSPS) is 11.1. The molecule has 120 valence electrons. The van der Waals surface area contributed by atoms with E-state index in [1.807, 2.05) is 54.6 Å². The number of anilines is 2. The molecular formula is C17H20N4O2. The summed E-state index contributed by atoms with van der Waals surface area (Å²) in [6.45, 7) is 0.408. The van der Waals surface area contributed by atoms with Crippen LogP contribution in [0, 0.1) is 0 Å². The van der Waals surface area contributed by atoms with Crippen molar-refractivity contribution in [1.82, 2.24) is 0 Å². The number of amides is 1. The Balaban J connectivity index is 1.91. The maximum absolute atomic E-state index is 11.8. The summed E-state index contributed by atoms with van der Waals surface area (Å²) >= 11 is 0. The van der Waals surface area contributed by atoms with Gasteiger partial charge in [-0.2, -0.15) is 0 Å². The highest BCUT2D eigenvalue weighted by molar-refractivity contribution is 5.97. The van der Waals surface area contributed by atoms with E-state index in [0.717, 1.165) is 16.9 Å². The van der Waals surface area contributed by atoms with Crippen molar-refractivity contribution in [3.05, 3.63) is 60.2 Å². The van der Waals surface area contributed by atoms with E-state index in [9.17, 15) is 4.79 Å². The first-order chi connectivity index (χ1) is 11.2. The molecule has 0 aliphatic carbocycles. The largest absolute Gasteiger partial charge is 0.380 e. The van der Waals surface area contributed by atoms with Crippen LogP contribution in [0.5, 0.6) is 0 Å². The molecule has 23 heavy (non-hydrogen) atoms. The van der Waals surface area contributed by atoms with Gasteiger partial charge in [0, 0.05) is 24.0 Å². The number of nitrogens with one attached hydrogen (secondary N) is 2. The average Bonchev–Trinajstić information content (AvgIpc) is 2.56. The molecule has 0 heterocycles. The van der Waals surface area contributed by atoms with E-state index >= 15 is 0 Å². The minimum atomic E-state index is -0.230. The second-order valence-corrected chi connectivity index (χ2v) is 4.83. The smallest absolute Gasteiger partial charge is 0.246 e. The third-order valence-corrected chi connectivity index (χ3v) is 3.03. The van der Waals surface area contributed by atoms with Gasteiger partial charge < -0.3 is 21.1 Å². The summed E-state index contributed by atoms with van der Waals surface area (Å²) in [7, 11) is 1.63. The van der Waals surface area contributed by atoms with Gasteiger partial charge in [0.25, 0.3) is 0 Å². The van der Waals surface area contributed by atoms with E-state index in [-0.39, 0.29) is 18.4 Å². The Labute approximate surface area is 135 Å². The fraction of sp³-hybridized carbons (Fsp3) is 0.176. The van der Waals surface area contributed by atoms with Crippen molar-refractivity contribution in [2.45, 2.75) is 6.61 Å². The molecular weight excluding hydrogens is 292 g/mol. The van der Waals surface area contributed by atoms with Gasteiger partial charge in [-0.25, -0.2) is 4.99 Å². The molecule has 0 aliphatic heterocycles. The second kappa shape index (κ2) is 8.55. The lowest BCUT2D eigenvalue weighted by Gasteiger charge is -2.10. The standard InChI is InChI=1S/C17H20N4O2/c1-23-12-13-7-5-6-10-15(13)21-17(18)19-11-16(22)20-14-8-3-2-4-9-14/h2-10H,11-12H2,1H3,(H,20,22)(H3,18,19,21). The molecule has 0 saturated heterocycles. The van der Waals surface area contributed by atoms with E-state index in [4.69, 9.17) is 10.5 Å². The summed E-state index contributed by atoms with van der Waals surface area (Å²) in [6.07, 6.45) is 0. The van der Waals surface area contributed by atoms with Crippen LogP contribution in [0.4, 0.5) is 11.4 Å². The summed E-state index contributed by atoms with van der Waals surface area (Å²) in [5.74, 6) is -0.0529. The fourth-order valence-electron chi connectivity index (χ4n) is 1.98. The molecule has 0 aromatic heterocycles. The van der Waals surface area contributed by atoms with Crippen molar-refractivity contribution < 1.29 is 9.53 Å². The number of hydrogen-bond acceptors (Lipinski definition) is 3. The van der Waals surface area contributed by atoms with Crippen LogP contribution < -0.4 is 16.4 Å². The number of nitrogens with two attached hydrogens (primary N) is 1. The van der Waals surface area contributed by atoms with Gasteiger partial charge in [-0.3, -0.25) is 4.79 Å². The first-order valence-corrected chi connectivity index (χ1v) is 7.17. The van der Waals surface area contributed by atoms with Gasteiger partial charge in [0.1, 0.15) is 6.54 Å². The highest BCUT2D eigenvalue weighted by Gasteiger charge is 2.04. The highest BCUT2D eigenvalue weighted by Crippen LogP contribution is 2.15. The molecule has 0 spiro atoms. The van der Waals surface area contributed by atoms with Crippen LogP contribution in [0.2, 0.25) is 0 Å². The first-order valence-electron chi connectivity index (χ1n) is 7.17. The van der Waals surface area contributed by atoms with Crippen molar-refractivity contribution in [2.24, 2.45) is 10.7 Å². The number of benzene rings is 2. The Kier molecular flexibility index (Phi) is 6.14. The van der Waals surface area contributed by atoms with Crippen LogP contribution in [0.25, 0.3) is 0 Å². The molecule has 0 atom stereocenters. The van der Waals surface area contributed by atoms with Crippen LogP contribution in [-0.4, -0.2) is 25.5 Å². The number of hydrogen-bond donors (Lipinski definition) is 3. The van der Waals surface area contributed by atoms with Crippen molar-refractivity contribution in [2.75, 3.05) is 24.3 Å². The molecule has 6 nitrogen and oxygen atoms in total. The zero-order chi connectivity index (χ0) is 16.5. The summed E-state index contributed by atoms with van der Waals surface area (Å²) in [4.78, 5) is 15.9. The molecule has 6 heteroatoms. The lowest BCUT2D eigenvalue weighted by molar-refractivity contribution is -0.114. The third-order valence-electron chi connectivity index (χ3n) is 3.03. The SMILES string of the molecule is COCc1ccccc1NC(N)=NCC(=O)Nc1ccccc1. The minimum absolute atomic E-state index is 0.0554. The molecule has 0 unspecified atom stereocenters. The quantitative estimate of drug-likeness (QED) is 0.563. The lowest BCUT2D eigenvalue weighted by atomic mass is 10.2. The number of nitrogens with zero attached hydrogens (tertiary/aromatic N) is 1. The molecule has 4 N–H and O–H groups in total. The number of carbonyl (C=O) groups excluding carboxylic acids is 1. The Morgan fingerprint density at radius 3 is 2.52 bits per heavy atom. The maximum atomic E-state index is 11.8. The Morgan fingerprint density at radius 2 is 1.78 bits per heavy atom. The van der Waals surface area contributed by atoms with Crippen molar-refractivity contribution in [1.29, 1.82) is 0 Å². The second-order valence-electron chi connectivity index (χ2n) is 4.83. The summed E-state index contributed by atoms with van der Waals surface area (Å²) in [5, 5.41) is 5.73. The van der Waals surface area contributed by atoms with Gasteiger partial charge in [0.15, 0.2) is 5.96 Å². The van der Waals surface area contributed by atoms with Crippen LogP contribution >= 0.6 is 0 Å². The third kappa shape index (κ3) is 5.44. The number of aliphatic imine (C=N–C) groups is 1. The van der Waals surface area contributed by atoms with Gasteiger partial charge in [0.2, 0.25) is 5.91 Å². The van der Waals surface area contributed by atoms with Gasteiger partial charge in [-0.15, -0.1) is 0 Å². The number of rotatable bonds is 6. The molecule has 0 aliphatic rings. The molecule has 0 radical (unpaired) electrons. The fourth-order valence-corrected chi connectivity index (χ4v) is 1.98. The molecule has 0 saturated carbocycles. The predicted octanol–water partition coefficient (Wildman–Crippen LogP) is 2.20. The van der Waals surface area contributed by atoms with Gasteiger partial charge in [-0.05, 0) is 18.2 Å². The maximum Gasteiger partial charge on any atom is 0.246 e. The van der Waals surface area contributed by atoms with Gasteiger partial charge >= 0.3 is 0 Å². The van der Waals surface area contributed by atoms with Crippen LogP contribution in [0.3, 0.4) is 0 Å². The van der Waals surface area contributed by atoms with E-state index in [2.05, 4.69) is 15.6 Å². The predicted molar refractivity (Wildman–Crippen MR) is 92.3 cm³/mol. The van der Waals surface area contributed by atoms with Crippen molar-refractivity contribution in [3.63, 3.8) is 0 Å². The minimum Gasteiger partial charge on any atom is -0.380 e. The summed E-state index contributed by atoms with van der Waals surface area (Å²) in [5.41, 5.74) is 8.32. The number of para-hydroxylation sites is 2. The van der Waals surface area contributed by atoms with E-state index in [1.54, 1.807) is 7.11 Å². The Hall–Kier alpha value is -2.86. The molecule has 0 fully saturated rings. The molecule has 2 rings (SSSR count). The molecule has 0 bridgehead atoms. The first kappa shape index (κ1) is 16.5. The number of ether oxygens (including phenoxy) is 1. The van der Waals surface area contributed by atoms with E-state index in [1.165, 1.54) is 0 Å². The Bertz CT molecular complexity index is 671. The summed E-state index contributed by atoms with van der Waals surface area (Å²) in [6, 6.07) is 16.8. The summed E-state index contributed by atoms with van der Waals surface area (Å²) < 4.78 is 5.13. The van der Waals surface area contributed by atoms with Crippen LogP contribution in [0.1, 0.15) is 5.56 Å². The topological polar surface area (TPSA) is 88.7 Å². The van der Waals surface area contributed by atoms with Crippen molar-refractivity contribution in [3.8, 4) is 0 Å². The lowest BCUT2D eigenvalue weighted by Crippen LogP contribution is -2.26. The van der Waals surface area contributed by atoms with Crippen LogP contribution in [0.15, 0.2) is 59.6 Å². The molecule has 1 amide bonds. The van der Waals surface area contributed by atoms with E-state index < -0.39 is 0 Å². The van der Waals surface area contributed by atoms with Crippen molar-refractivity contribution >= 4 is 23.2 Å². The Morgan fingerprint density at radius 1 is 1.09 bits per heavy atom. The van der Waals surface area contributed by atoms with Crippen LogP contribution in [-0.2, 0) is 16.1 Å². The van der Waals surface area contributed by atoms with E-state index in [0.29, 0.717) is 6.61 Å². The molecule has 2 aromatic carbocycles. The molecule has 2 aromatic rings. The number of methoxy groups -OCH3 is 1.